The molecule has 0 saturated carbocycles. The van der Waals surface area contributed by atoms with E-state index in [1.54, 1.807) is 18.2 Å². The molecule has 1 aliphatic heterocycles. The SMILES string of the molecule is C#CCC(NC(=O)NCc1ccc2c(c1)OCO2)C(=O)O. The fourth-order valence-electron chi connectivity index (χ4n) is 1.76. The number of terminal acetylenes is 1. The smallest absolute Gasteiger partial charge is 0.327 e. The molecule has 2 amide bonds. The second kappa shape index (κ2) is 6.52. The molecule has 3 N–H and O–H groups in total. The highest BCUT2D eigenvalue weighted by Crippen LogP contribution is 2.32. The van der Waals surface area contributed by atoms with Gasteiger partial charge in [0.05, 0.1) is 0 Å². The normalized spacial score (nSPS) is 13.1. The summed E-state index contributed by atoms with van der Waals surface area (Å²) in [6.07, 6.45) is 4.97. The molecule has 0 spiro atoms. The molecule has 1 unspecified atom stereocenters. The number of hydrogen-bond acceptors (Lipinski definition) is 4. The van der Waals surface area contributed by atoms with E-state index < -0.39 is 18.0 Å². The van der Waals surface area contributed by atoms with Crippen molar-refractivity contribution in [3.05, 3.63) is 23.8 Å². The predicted molar refractivity (Wildman–Crippen MR) is 72.8 cm³/mol. The van der Waals surface area contributed by atoms with Gasteiger partial charge in [-0.1, -0.05) is 6.07 Å². The first kappa shape index (κ1) is 14.5. The van der Waals surface area contributed by atoms with Gasteiger partial charge in [0.25, 0.3) is 0 Å². The second-order valence-corrected chi connectivity index (χ2v) is 4.31. The van der Waals surface area contributed by atoms with Crippen LogP contribution in [-0.4, -0.2) is 29.9 Å². The van der Waals surface area contributed by atoms with Crippen LogP contribution in [-0.2, 0) is 11.3 Å². The van der Waals surface area contributed by atoms with E-state index in [0.717, 1.165) is 5.56 Å². The molecule has 1 heterocycles. The number of rotatable bonds is 5. The fraction of sp³-hybridized carbons (Fsp3) is 0.286. The van der Waals surface area contributed by atoms with Crippen LogP contribution in [0.25, 0.3) is 0 Å². The van der Waals surface area contributed by atoms with E-state index in [4.69, 9.17) is 21.0 Å². The molecule has 1 atom stereocenters. The molecule has 0 radical (unpaired) electrons. The first-order chi connectivity index (χ1) is 10.1. The molecule has 7 heteroatoms. The van der Waals surface area contributed by atoms with Crippen LogP contribution in [0.2, 0.25) is 0 Å². The third kappa shape index (κ3) is 3.79. The number of carbonyl (C=O) groups is 2. The third-order valence-electron chi connectivity index (χ3n) is 2.82. The van der Waals surface area contributed by atoms with Crippen LogP contribution in [0.15, 0.2) is 18.2 Å². The molecule has 0 aromatic heterocycles. The zero-order valence-electron chi connectivity index (χ0n) is 11.1. The first-order valence-electron chi connectivity index (χ1n) is 6.19. The van der Waals surface area contributed by atoms with Gasteiger partial charge in [-0.3, -0.25) is 0 Å². The number of carboxylic acids is 1. The zero-order valence-corrected chi connectivity index (χ0v) is 11.1. The Morgan fingerprint density at radius 2 is 2.14 bits per heavy atom. The van der Waals surface area contributed by atoms with Crippen molar-refractivity contribution in [3.8, 4) is 23.8 Å². The molecule has 0 aliphatic carbocycles. The topological polar surface area (TPSA) is 96.9 Å². The Hall–Kier alpha value is -2.88. The van der Waals surface area contributed by atoms with Crippen molar-refractivity contribution in [1.29, 1.82) is 0 Å². The van der Waals surface area contributed by atoms with E-state index >= 15 is 0 Å². The second-order valence-electron chi connectivity index (χ2n) is 4.31. The van der Waals surface area contributed by atoms with Gasteiger partial charge in [-0.25, -0.2) is 9.59 Å². The van der Waals surface area contributed by atoms with Crippen LogP contribution in [0.1, 0.15) is 12.0 Å². The number of nitrogens with one attached hydrogen (secondary N) is 2. The maximum atomic E-state index is 11.6. The minimum absolute atomic E-state index is 0.0766. The van der Waals surface area contributed by atoms with Crippen LogP contribution < -0.4 is 20.1 Å². The van der Waals surface area contributed by atoms with Crippen molar-refractivity contribution >= 4 is 12.0 Å². The Bertz CT molecular complexity index is 594. The Kier molecular flexibility index (Phi) is 4.51. The minimum Gasteiger partial charge on any atom is -0.480 e. The fourth-order valence-corrected chi connectivity index (χ4v) is 1.76. The van der Waals surface area contributed by atoms with Crippen LogP contribution in [0.3, 0.4) is 0 Å². The van der Waals surface area contributed by atoms with Gasteiger partial charge >= 0.3 is 12.0 Å². The number of carboxylic acid groups (broad SMARTS) is 1. The lowest BCUT2D eigenvalue weighted by atomic mass is 10.2. The third-order valence-corrected chi connectivity index (χ3v) is 2.82. The molecule has 0 bridgehead atoms. The lowest BCUT2D eigenvalue weighted by molar-refractivity contribution is -0.139. The van der Waals surface area contributed by atoms with Crippen molar-refractivity contribution in [1.82, 2.24) is 10.6 Å². The lowest BCUT2D eigenvalue weighted by Crippen LogP contribution is -2.45. The van der Waals surface area contributed by atoms with Crippen LogP contribution in [0.4, 0.5) is 4.79 Å². The Labute approximate surface area is 121 Å². The Balaban J connectivity index is 1.86. The molecule has 1 aliphatic rings. The summed E-state index contributed by atoms with van der Waals surface area (Å²) < 4.78 is 10.4. The Morgan fingerprint density at radius 3 is 2.86 bits per heavy atom. The highest BCUT2D eigenvalue weighted by Gasteiger charge is 2.18. The van der Waals surface area contributed by atoms with Crippen molar-refractivity contribution in [2.75, 3.05) is 6.79 Å². The molecular formula is C14H14N2O5. The van der Waals surface area contributed by atoms with Gasteiger partial charge in [0.1, 0.15) is 6.04 Å². The van der Waals surface area contributed by atoms with Gasteiger partial charge in [0.15, 0.2) is 11.5 Å². The largest absolute Gasteiger partial charge is 0.480 e. The van der Waals surface area contributed by atoms with Crippen molar-refractivity contribution in [2.24, 2.45) is 0 Å². The van der Waals surface area contributed by atoms with Crippen molar-refractivity contribution < 1.29 is 24.2 Å². The number of ether oxygens (including phenoxy) is 2. The van der Waals surface area contributed by atoms with Crippen molar-refractivity contribution in [3.63, 3.8) is 0 Å². The van der Waals surface area contributed by atoms with E-state index in [9.17, 15) is 9.59 Å². The Morgan fingerprint density at radius 1 is 1.38 bits per heavy atom. The summed E-state index contributed by atoms with van der Waals surface area (Å²) in [5.41, 5.74) is 0.804. The molecule has 21 heavy (non-hydrogen) atoms. The van der Waals surface area contributed by atoms with Crippen LogP contribution in [0, 0.1) is 12.3 Å². The number of carbonyl (C=O) groups excluding carboxylic acids is 1. The lowest BCUT2D eigenvalue weighted by Gasteiger charge is -2.13. The number of aliphatic carboxylic acids is 1. The van der Waals surface area contributed by atoms with Crippen LogP contribution >= 0.6 is 0 Å². The van der Waals surface area contributed by atoms with E-state index in [-0.39, 0.29) is 19.8 Å². The number of urea groups is 1. The van der Waals surface area contributed by atoms with Gasteiger partial charge < -0.3 is 25.2 Å². The molecule has 7 nitrogen and oxygen atoms in total. The summed E-state index contributed by atoms with van der Waals surface area (Å²) in [6.45, 7) is 0.407. The van der Waals surface area contributed by atoms with E-state index in [2.05, 4.69) is 16.6 Å². The highest BCUT2D eigenvalue weighted by atomic mass is 16.7. The number of amides is 2. The first-order valence-corrected chi connectivity index (χ1v) is 6.19. The maximum Gasteiger partial charge on any atom is 0.327 e. The molecule has 2 rings (SSSR count). The summed E-state index contributed by atoms with van der Waals surface area (Å²) in [7, 11) is 0. The zero-order chi connectivity index (χ0) is 15.2. The van der Waals surface area contributed by atoms with E-state index in [1.807, 2.05) is 0 Å². The van der Waals surface area contributed by atoms with Crippen molar-refractivity contribution in [2.45, 2.75) is 19.0 Å². The maximum absolute atomic E-state index is 11.6. The van der Waals surface area contributed by atoms with Gasteiger partial charge in [0.2, 0.25) is 6.79 Å². The molecule has 110 valence electrons. The minimum atomic E-state index is -1.17. The average molecular weight is 290 g/mol. The quantitative estimate of drug-likeness (QED) is 0.693. The number of fused-ring (bicyclic) bond motifs is 1. The summed E-state index contributed by atoms with van der Waals surface area (Å²) in [5, 5.41) is 13.7. The molecular weight excluding hydrogens is 276 g/mol. The van der Waals surface area contributed by atoms with Gasteiger partial charge in [0, 0.05) is 13.0 Å². The summed E-state index contributed by atoms with van der Waals surface area (Å²) >= 11 is 0. The monoisotopic (exact) mass is 290 g/mol. The van der Waals surface area contributed by atoms with Gasteiger partial charge in [-0.15, -0.1) is 12.3 Å². The number of benzene rings is 1. The molecule has 1 aromatic carbocycles. The van der Waals surface area contributed by atoms with Gasteiger partial charge in [-0.05, 0) is 17.7 Å². The molecule has 1 aromatic rings. The summed E-state index contributed by atoms with van der Waals surface area (Å²) in [6, 6.07) is 3.57. The van der Waals surface area contributed by atoms with Gasteiger partial charge in [-0.2, -0.15) is 0 Å². The summed E-state index contributed by atoms with van der Waals surface area (Å²) in [4.78, 5) is 22.5. The average Bonchev–Trinajstić information content (AvgIpc) is 2.92. The van der Waals surface area contributed by atoms with E-state index in [1.165, 1.54) is 0 Å². The molecule has 0 fully saturated rings. The number of hydrogen-bond donors (Lipinski definition) is 3. The predicted octanol–water partition coefficient (Wildman–Crippen LogP) is 0.691. The van der Waals surface area contributed by atoms with Crippen LogP contribution in [0.5, 0.6) is 11.5 Å². The molecule has 0 saturated heterocycles. The summed E-state index contributed by atoms with van der Waals surface area (Å²) in [5.74, 6) is 2.30. The van der Waals surface area contributed by atoms with E-state index in [0.29, 0.717) is 11.5 Å². The highest BCUT2D eigenvalue weighted by molar-refractivity contribution is 5.82. The standard InChI is InChI=1S/C14H14N2O5/c1-2-3-10(13(17)18)16-14(19)15-7-9-4-5-11-12(6-9)21-8-20-11/h1,4-6,10H,3,7-8H2,(H,17,18)(H2,15,16,19).